The van der Waals surface area contributed by atoms with Gasteiger partial charge in [0.15, 0.2) is 5.13 Å². The van der Waals surface area contributed by atoms with Crippen molar-refractivity contribution in [2.45, 2.75) is 26.0 Å². The molecule has 0 fully saturated rings. The van der Waals surface area contributed by atoms with Crippen LogP contribution in [0.25, 0.3) is 0 Å². The summed E-state index contributed by atoms with van der Waals surface area (Å²) in [6.45, 7) is 4.19. The van der Waals surface area contributed by atoms with E-state index in [4.69, 9.17) is 10.5 Å². The van der Waals surface area contributed by atoms with Gasteiger partial charge in [0.1, 0.15) is 0 Å². The molecule has 0 saturated carbocycles. The van der Waals surface area contributed by atoms with E-state index in [0.29, 0.717) is 13.2 Å². The number of aromatic nitrogens is 1. The van der Waals surface area contributed by atoms with Crippen LogP contribution in [0.4, 0.5) is 5.13 Å². The SMILES string of the molecule is CC(CN)Nc1nc2c(s1)COCC2. The van der Waals surface area contributed by atoms with E-state index in [1.807, 2.05) is 0 Å². The minimum atomic E-state index is 0.281. The van der Waals surface area contributed by atoms with Crippen LogP contribution in [0.5, 0.6) is 0 Å². The summed E-state index contributed by atoms with van der Waals surface area (Å²) >= 11 is 1.68. The Bertz CT molecular complexity index is 290. The molecule has 1 aliphatic heterocycles. The van der Waals surface area contributed by atoms with Crippen molar-refractivity contribution in [2.75, 3.05) is 18.5 Å². The first-order valence-electron chi connectivity index (χ1n) is 4.82. The van der Waals surface area contributed by atoms with Gasteiger partial charge in [0.05, 0.1) is 23.8 Å². The largest absolute Gasteiger partial charge is 0.375 e. The van der Waals surface area contributed by atoms with Crippen LogP contribution in [0, 0.1) is 0 Å². The zero-order chi connectivity index (χ0) is 9.97. The van der Waals surface area contributed by atoms with Gasteiger partial charge in [0, 0.05) is 19.0 Å². The Morgan fingerprint density at radius 1 is 1.71 bits per heavy atom. The van der Waals surface area contributed by atoms with Crippen molar-refractivity contribution in [1.82, 2.24) is 4.98 Å². The molecule has 0 amide bonds. The molecule has 0 aliphatic carbocycles. The maximum Gasteiger partial charge on any atom is 0.183 e. The van der Waals surface area contributed by atoms with Gasteiger partial charge >= 0.3 is 0 Å². The molecule has 14 heavy (non-hydrogen) atoms. The number of fused-ring (bicyclic) bond motifs is 1. The molecule has 0 bridgehead atoms. The third-order valence-corrected chi connectivity index (χ3v) is 3.22. The highest BCUT2D eigenvalue weighted by molar-refractivity contribution is 7.15. The van der Waals surface area contributed by atoms with Gasteiger partial charge in [-0.1, -0.05) is 11.3 Å². The highest BCUT2D eigenvalue weighted by Gasteiger charge is 2.15. The van der Waals surface area contributed by atoms with Gasteiger partial charge in [0.25, 0.3) is 0 Å². The van der Waals surface area contributed by atoms with Crippen molar-refractivity contribution in [3.63, 3.8) is 0 Å². The zero-order valence-corrected chi connectivity index (χ0v) is 9.06. The standard InChI is InChI=1S/C9H15N3OS/c1-6(4-10)11-9-12-7-2-3-13-5-8(7)14-9/h6H,2-5,10H2,1H3,(H,11,12). The van der Waals surface area contributed by atoms with Crippen LogP contribution in [0.3, 0.4) is 0 Å². The highest BCUT2D eigenvalue weighted by Crippen LogP contribution is 2.27. The van der Waals surface area contributed by atoms with Crippen molar-refractivity contribution in [1.29, 1.82) is 0 Å². The van der Waals surface area contributed by atoms with Crippen LogP contribution in [-0.4, -0.2) is 24.2 Å². The van der Waals surface area contributed by atoms with E-state index in [-0.39, 0.29) is 6.04 Å². The Hall–Kier alpha value is -0.650. The molecule has 3 N–H and O–H groups in total. The summed E-state index contributed by atoms with van der Waals surface area (Å²) < 4.78 is 5.36. The molecule has 78 valence electrons. The molecular formula is C9H15N3OS. The predicted molar refractivity (Wildman–Crippen MR) is 57.6 cm³/mol. The number of nitrogens with two attached hydrogens (primary N) is 1. The van der Waals surface area contributed by atoms with Gasteiger partial charge in [-0.25, -0.2) is 4.98 Å². The average molecular weight is 213 g/mol. The van der Waals surface area contributed by atoms with E-state index in [1.165, 1.54) is 10.6 Å². The molecule has 1 atom stereocenters. The summed E-state index contributed by atoms with van der Waals surface area (Å²) in [5.74, 6) is 0. The number of hydrogen-bond donors (Lipinski definition) is 2. The molecule has 0 spiro atoms. The maximum absolute atomic E-state index is 5.53. The van der Waals surface area contributed by atoms with Crippen LogP contribution in [0.1, 0.15) is 17.5 Å². The second-order valence-electron chi connectivity index (χ2n) is 3.47. The third-order valence-electron chi connectivity index (χ3n) is 2.22. The van der Waals surface area contributed by atoms with Crippen molar-refractivity contribution in [3.05, 3.63) is 10.6 Å². The van der Waals surface area contributed by atoms with Gasteiger partial charge in [-0.2, -0.15) is 0 Å². The fraction of sp³-hybridized carbons (Fsp3) is 0.667. The fourth-order valence-corrected chi connectivity index (χ4v) is 2.41. The lowest BCUT2D eigenvalue weighted by atomic mass is 10.2. The van der Waals surface area contributed by atoms with Crippen LogP contribution in [-0.2, 0) is 17.8 Å². The van der Waals surface area contributed by atoms with Crippen LogP contribution < -0.4 is 11.1 Å². The molecule has 2 heterocycles. The number of nitrogens with zero attached hydrogens (tertiary/aromatic N) is 1. The smallest absolute Gasteiger partial charge is 0.183 e. The molecule has 1 aromatic rings. The van der Waals surface area contributed by atoms with Crippen LogP contribution >= 0.6 is 11.3 Å². The molecule has 0 saturated heterocycles. The molecule has 1 unspecified atom stereocenters. The van der Waals surface area contributed by atoms with E-state index >= 15 is 0 Å². The average Bonchev–Trinajstić information content (AvgIpc) is 2.59. The first kappa shape index (κ1) is 9.89. The summed E-state index contributed by atoms with van der Waals surface area (Å²) in [7, 11) is 0. The van der Waals surface area contributed by atoms with Gasteiger partial charge in [-0.15, -0.1) is 0 Å². The monoisotopic (exact) mass is 213 g/mol. The van der Waals surface area contributed by atoms with E-state index in [1.54, 1.807) is 11.3 Å². The second kappa shape index (κ2) is 4.25. The number of hydrogen-bond acceptors (Lipinski definition) is 5. The summed E-state index contributed by atoms with van der Waals surface area (Å²) in [4.78, 5) is 5.76. The van der Waals surface area contributed by atoms with Gasteiger partial charge in [-0.3, -0.25) is 0 Å². The Balaban J connectivity index is 2.08. The lowest BCUT2D eigenvalue weighted by molar-refractivity contribution is 0.112. The van der Waals surface area contributed by atoms with Gasteiger partial charge in [0.2, 0.25) is 0 Å². The number of rotatable bonds is 3. The summed E-state index contributed by atoms with van der Waals surface area (Å²) in [5.41, 5.74) is 6.72. The Morgan fingerprint density at radius 3 is 3.29 bits per heavy atom. The molecule has 1 aromatic heterocycles. The topological polar surface area (TPSA) is 60.2 Å². The number of anilines is 1. The molecular weight excluding hydrogens is 198 g/mol. The molecule has 2 rings (SSSR count). The first-order chi connectivity index (χ1) is 6.79. The van der Waals surface area contributed by atoms with Crippen molar-refractivity contribution >= 4 is 16.5 Å². The molecule has 4 nitrogen and oxygen atoms in total. The summed E-state index contributed by atoms with van der Waals surface area (Å²) in [5, 5.41) is 4.25. The second-order valence-corrected chi connectivity index (χ2v) is 4.56. The number of ether oxygens (including phenoxy) is 1. The molecule has 5 heteroatoms. The Morgan fingerprint density at radius 2 is 2.57 bits per heavy atom. The predicted octanol–water partition coefficient (Wildman–Crippen LogP) is 0.975. The minimum Gasteiger partial charge on any atom is -0.375 e. The number of thiazole rings is 1. The fourth-order valence-electron chi connectivity index (χ4n) is 1.36. The van der Waals surface area contributed by atoms with E-state index in [9.17, 15) is 0 Å². The van der Waals surface area contributed by atoms with Crippen molar-refractivity contribution in [2.24, 2.45) is 5.73 Å². The molecule has 0 radical (unpaired) electrons. The number of nitrogens with one attached hydrogen (secondary N) is 1. The molecule has 1 aliphatic rings. The summed E-state index contributed by atoms with van der Waals surface area (Å²) in [6, 6.07) is 0.281. The van der Waals surface area contributed by atoms with Gasteiger partial charge in [-0.05, 0) is 6.92 Å². The Labute approximate surface area is 87.5 Å². The lowest BCUT2D eigenvalue weighted by Crippen LogP contribution is -2.25. The Kier molecular flexibility index (Phi) is 3.00. The van der Waals surface area contributed by atoms with Crippen LogP contribution in [0.2, 0.25) is 0 Å². The minimum absolute atomic E-state index is 0.281. The van der Waals surface area contributed by atoms with Gasteiger partial charge < -0.3 is 15.8 Å². The van der Waals surface area contributed by atoms with E-state index < -0.39 is 0 Å². The van der Waals surface area contributed by atoms with E-state index in [2.05, 4.69) is 17.2 Å². The third kappa shape index (κ3) is 2.05. The summed E-state index contributed by atoms with van der Waals surface area (Å²) in [6.07, 6.45) is 0.935. The quantitative estimate of drug-likeness (QED) is 0.785. The van der Waals surface area contributed by atoms with Crippen molar-refractivity contribution in [3.8, 4) is 0 Å². The van der Waals surface area contributed by atoms with Crippen molar-refractivity contribution < 1.29 is 4.74 Å². The zero-order valence-electron chi connectivity index (χ0n) is 8.25. The van der Waals surface area contributed by atoms with Crippen LogP contribution in [0.15, 0.2) is 0 Å². The highest BCUT2D eigenvalue weighted by atomic mass is 32.1. The first-order valence-corrected chi connectivity index (χ1v) is 5.64. The lowest BCUT2D eigenvalue weighted by Gasteiger charge is -2.08. The molecule has 0 aromatic carbocycles. The van der Waals surface area contributed by atoms with E-state index in [0.717, 1.165) is 18.2 Å². The maximum atomic E-state index is 5.53. The normalized spacial score (nSPS) is 17.6.